The Morgan fingerprint density at radius 2 is 1.81 bits per heavy atom. The minimum absolute atomic E-state index is 0.0511. The van der Waals surface area contributed by atoms with Crippen LogP contribution >= 0.6 is 0 Å². The molecule has 0 bridgehead atoms. The van der Waals surface area contributed by atoms with Gasteiger partial charge in [-0.15, -0.1) is 0 Å². The summed E-state index contributed by atoms with van der Waals surface area (Å²) in [6.07, 6.45) is 1.88. The average molecular weight is 350 g/mol. The third-order valence-electron chi connectivity index (χ3n) is 4.67. The summed E-state index contributed by atoms with van der Waals surface area (Å²) in [6, 6.07) is 16.9. The van der Waals surface area contributed by atoms with Crippen LogP contribution in [0.15, 0.2) is 54.9 Å². The van der Waals surface area contributed by atoms with Crippen LogP contribution in [0.4, 0.5) is 0 Å². The van der Waals surface area contributed by atoms with E-state index in [1.165, 1.54) is 5.56 Å². The van der Waals surface area contributed by atoms with Gasteiger partial charge >= 0.3 is 0 Å². The predicted octanol–water partition coefficient (Wildman–Crippen LogP) is 3.04. The number of carbonyl (C=O) groups is 1. The summed E-state index contributed by atoms with van der Waals surface area (Å²) in [6.45, 7) is 5.92. The maximum Gasteiger partial charge on any atom is 0.234 e. The number of imidazole rings is 1. The number of para-hydroxylation sites is 2. The molecule has 1 aromatic heterocycles. The fraction of sp³-hybridized carbons (Fsp3) is 0.333. The summed E-state index contributed by atoms with van der Waals surface area (Å²) in [5, 5.41) is 2.98. The van der Waals surface area contributed by atoms with Crippen molar-refractivity contribution in [2.45, 2.75) is 33.0 Å². The average Bonchev–Trinajstić information content (AvgIpc) is 3.04. The number of amides is 1. The first kappa shape index (κ1) is 18.1. The Hall–Kier alpha value is -2.66. The van der Waals surface area contributed by atoms with Crippen LogP contribution < -0.4 is 5.32 Å². The van der Waals surface area contributed by atoms with Crippen molar-refractivity contribution in [2.24, 2.45) is 0 Å². The Kier molecular flexibility index (Phi) is 5.68. The first-order chi connectivity index (χ1) is 12.5. The van der Waals surface area contributed by atoms with Gasteiger partial charge in [-0.2, -0.15) is 0 Å². The lowest BCUT2D eigenvalue weighted by molar-refractivity contribution is -0.122. The topological polar surface area (TPSA) is 50.2 Å². The second kappa shape index (κ2) is 8.15. The highest BCUT2D eigenvalue weighted by Crippen LogP contribution is 2.14. The van der Waals surface area contributed by atoms with Gasteiger partial charge in [0.1, 0.15) is 0 Å². The summed E-state index contributed by atoms with van der Waals surface area (Å²) in [7, 11) is 1.96. The largest absolute Gasteiger partial charge is 0.351 e. The molecule has 0 spiro atoms. The number of nitrogens with one attached hydrogen (secondary N) is 1. The number of carbonyl (C=O) groups excluding carboxylic acids is 1. The van der Waals surface area contributed by atoms with Crippen LogP contribution in [0.2, 0.25) is 0 Å². The minimum atomic E-state index is 0.0511. The second-order valence-electron chi connectivity index (χ2n) is 6.96. The molecule has 1 N–H and O–H groups in total. The fourth-order valence-corrected chi connectivity index (χ4v) is 2.76. The SMILES string of the molecule is CC(C)N(C)CC(=O)NCc1ccc(Cn2cnc3ccccc32)cc1. The van der Waals surface area contributed by atoms with Gasteiger partial charge in [-0.1, -0.05) is 36.4 Å². The molecule has 0 fully saturated rings. The highest BCUT2D eigenvalue weighted by molar-refractivity contribution is 5.78. The molecule has 5 nitrogen and oxygen atoms in total. The third-order valence-corrected chi connectivity index (χ3v) is 4.67. The van der Waals surface area contributed by atoms with E-state index in [0.29, 0.717) is 19.1 Å². The van der Waals surface area contributed by atoms with Crippen LogP contribution in [-0.4, -0.2) is 40.0 Å². The Balaban J connectivity index is 1.56. The lowest BCUT2D eigenvalue weighted by Gasteiger charge is -2.20. The van der Waals surface area contributed by atoms with Gasteiger partial charge in [-0.25, -0.2) is 4.98 Å². The third kappa shape index (κ3) is 4.49. The monoisotopic (exact) mass is 350 g/mol. The van der Waals surface area contributed by atoms with Crippen molar-refractivity contribution in [3.63, 3.8) is 0 Å². The van der Waals surface area contributed by atoms with Gasteiger partial charge in [0, 0.05) is 19.1 Å². The van der Waals surface area contributed by atoms with E-state index in [2.05, 4.69) is 59.0 Å². The maximum absolute atomic E-state index is 12.0. The quantitative estimate of drug-likeness (QED) is 0.712. The Labute approximate surface area is 154 Å². The van der Waals surface area contributed by atoms with Gasteiger partial charge in [-0.05, 0) is 44.2 Å². The van der Waals surface area contributed by atoms with Gasteiger partial charge in [0.05, 0.1) is 23.9 Å². The minimum Gasteiger partial charge on any atom is -0.351 e. The summed E-state index contributed by atoms with van der Waals surface area (Å²) in [5.74, 6) is 0.0511. The molecule has 0 aliphatic rings. The fourth-order valence-electron chi connectivity index (χ4n) is 2.76. The molecule has 3 aromatic rings. The van der Waals surface area contributed by atoms with Gasteiger partial charge < -0.3 is 9.88 Å². The van der Waals surface area contributed by atoms with Crippen molar-refractivity contribution >= 4 is 16.9 Å². The van der Waals surface area contributed by atoms with E-state index in [1.54, 1.807) is 0 Å². The number of fused-ring (bicyclic) bond motifs is 1. The molecule has 0 saturated heterocycles. The number of rotatable bonds is 7. The molecule has 1 amide bonds. The van der Waals surface area contributed by atoms with Crippen molar-refractivity contribution in [3.05, 3.63) is 66.0 Å². The van der Waals surface area contributed by atoms with Crippen LogP contribution in [0.3, 0.4) is 0 Å². The molecule has 0 unspecified atom stereocenters. The van der Waals surface area contributed by atoms with E-state index in [9.17, 15) is 4.79 Å². The molecule has 136 valence electrons. The van der Waals surface area contributed by atoms with E-state index in [0.717, 1.165) is 23.1 Å². The Morgan fingerprint density at radius 3 is 2.54 bits per heavy atom. The van der Waals surface area contributed by atoms with Gasteiger partial charge in [0.2, 0.25) is 5.91 Å². The number of aromatic nitrogens is 2. The summed E-state index contributed by atoms with van der Waals surface area (Å²) >= 11 is 0. The smallest absolute Gasteiger partial charge is 0.234 e. The number of hydrogen-bond donors (Lipinski definition) is 1. The van der Waals surface area contributed by atoms with Gasteiger partial charge in [0.25, 0.3) is 0 Å². The highest BCUT2D eigenvalue weighted by Gasteiger charge is 2.09. The van der Waals surface area contributed by atoms with Gasteiger partial charge in [-0.3, -0.25) is 9.69 Å². The second-order valence-corrected chi connectivity index (χ2v) is 6.96. The molecule has 0 atom stereocenters. The lowest BCUT2D eigenvalue weighted by atomic mass is 10.1. The van der Waals surface area contributed by atoms with E-state index in [-0.39, 0.29) is 5.91 Å². The summed E-state index contributed by atoms with van der Waals surface area (Å²) in [4.78, 5) is 18.4. The summed E-state index contributed by atoms with van der Waals surface area (Å²) < 4.78 is 2.15. The van der Waals surface area contributed by atoms with E-state index in [4.69, 9.17) is 0 Å². The zero-order valence-corrected chi connectivity index (χ0v) is 15.6. The van der Waals surface area contributed by atoms with Crippen LogP contribution in [0.25, 0.3) is 11.0 Å². The molecule has 2 aromatic carbocycles. The first-order valence-corrected chi connectivity index (χ1v) is 8.97. The number of hydrogen-bond acceptors (Lipinski definition) is 3. The van der Waals surface area contributed by atoms with Crippen molar-refractivity contribution in [2.75, 3.05) is 13.6 Å². The molecule has 0 aliphatic carbocycles. The van der Waals surface area contributed by atoms with E-state index in [1.807, 2.05) is 36.5 Å². The molecule has 1 heterocycles. The first-order valence-electron chi connectivity index (χ1n) is 8.97. The zero-order valence-electron chi connectivity index (χ0n) is 15.6. The van der Waals surface area contributed by atoms with Crippen LogP contribution in [0, 0.1) is 0 Å². The molecule has 0 saturated carbocycles. The van der Waals surface area contributed by atoms with Crippen LogP contribution in [-0.2, 0) is 17.9 Å². The lowest BCUT2D eigenvalue weighted by Crippen LogP contribution is -2.38. The van der Waals surface area contributed by atoms with Gasteiger partial charge in [0.15, 0.2) is 0 Å². The van der Waals surface area contributed by atoms with E-state index >= 15 is 0 Å². The highest BCUT2D eigenvalue weighted by atomic mass is 16.2. The number of benzene rings is 2. The predicted molar refractivity (Wildman–Crippen MR) is 105 cm³/mol. The maximum atomic E-state index is 12.0. The Morgan fingerprint density at radius 1 is 1.12 bits per heavy atom. The van der Waals surface area contributed by atoms with Crippen molar-refractivity contribution in [3.8, 4) is 0 Å². The van der Waals surface area contributed by atoms with E-state index < -0.39 is 0 Å². The molecule has 5 heteroatoms. The van der Waals surface area contributed by atoms with Crippen LogP contribution in [0.1, 0.15) is 25.0 Å². The Bertz CT molecular complexity index is 867. The van der Waals surface area contributed by atoms with Crippen molar-refractivity contribution in [1.82, 2.24) is 19.8 Å². The molecular weight excluding hydrogens is 324 g/mol. The zero-order chi connectivity index (χ0) is 18.5. The molecular formula is C21H26N4O. The summed E-state index contributed by atoms with van der Waals surface area (Å²) in [5.41, 5.74) is 4.46. The van der Waals surface area contributed by atoms with Crippen LogP contribution in [0.5, 0.6) is 0 Å². The molecule has 3 rings (SSSR count). The molecule has 0 aliphatic heterocycles. The van der Waals surface area contributed by atoms with Crippen molar-refractivity contribution < 1.29 is 4.79 Å². The molecule has 26 heavy (non-hydrogen) atoms. The normalized spacial score (nSPS) is 11.4. The van der Waals surface area contributed by atoms with Crippen molar-refractivity contribution in [1.29, 1.82) is 0 Å². The molecule has 0 radical (unpaired) electrons. The number of likely N-dealkylation sites (N-methyl/N-ethyl adjacent to an activating group) is 1. The number of nitrogens with zero attached hydrogens (tertiary/aromatic N) is 3. The standard InChI is InChI=1S/C21H26N4O/c1-16(2)24(3)14-21(26)22-12-17-8-10-18(11-9-17)13-25-15-23-19-6-4-5-7-20(19)25/h4-11,15-16H,12-14H2,1-3H3,(H,22,26).